The number of hydrogen-bond acceptors (Lipinski definition) is 3. The molecule has 0 saturated carbocycles. The van der Waals surface area contributed by atoms with Gasteiger partial charge in [0.25, 0.3) is 5.91 Å². The largest absolute Gasteiger partial charge is 0.355 e. The Hall–Kier alpha value is -2.63. The van der Waals surface area contributed by atoms with Gasteiger partial charge in [0.1, 0.15) is 0 Å². The molecule has 1 aromatic heterocycles. The molecule has 0 aliphatic carbocycles. The fourth-order valence-corrected chi connectivity index (χ4v) is 1.97. The smallest absolute Gasteiger partial charge is 0.254 e. The molecule has 0 unspecified atom stereocenters. The van der Waals surface area contributed by atoms with Crippen LogP contribution in [0, 0.1) is 6.92 Å². The van der Waals surface area contributed by atoms with E-state index in [0.717, 1.165) is 11.4 Å². The van der Waals surface area contributed by atoms with Gasteiger partial charge in [-0.2, -0.15) is 5.10 Å². The van der Waals surface area contributed by atoms with Crippen molar-refractivity contribution < 1.29 is 9.59 Å². The van der Waals surface area contributed by atoms with Crippen molar-refractivity contribution in [3.8, 4) is 5.69 Å². The summed E-state index contributed by atoms with van der Waals surface area (Å²) in [6.45, 7) is 4.08. The van der Waals surface area contributed by atoms with E-state index < -0.39 is 0 Å². The second kappa shape index (κ2) is 6.69. The quantitative estimate of drug-likeness (QED) is 0.807. The number of rotatable bonds is 5. The molecule has 6 nitrogen and oxygen atoms in total. The SMILES string of the molecule is CC(=O)NCCNC(=O)c1cnn(-c2ccccc2)c1C. The Bertz CT molecular complexity index is 634. The zero-order valence-electron chi connectivity index (χ0n) is 12.1. The highest BCUT2D eigenvalue weighted by Crippen LogP contribution is 2.13. The zero-order valence-corrected chi connectivity index (χ0v) is 12.1. The van der Waals surface area contributed by atoms with Crippen LogP contribution < -0.4 is 10.6 Å². The Morgan fingerprint density at radius 1 is 1.14 bits per heavy atom. The number of benzene rings is 1. The van der Waals surface area contributed by atoms with E-state index in [1.54, 1.807) is 10.9 Å². The van der Waals surface area contributed by atoms with Crippen molar-refractivity contribution in [1.29, 1.82) is 0 Å². The van der Waals surface area contributed by atoms with Crippen LogP contribution in [0.3, 0.4) is 0 Å². The van der Waals surface area contributed by atoms with Gasteiger partial charge in [-0.1, -0.05) is 18.2 Å². The molecule has 0 radical (unpaired) electrons. The van der Waals surface area contributed by atoms with Gasteiger partial charge in [-0.15, -0.1) is 0 Å². The van der Waals surface area contributed by atoms with Crippen LogP contribution in [-0.2, 0) is 4.79 Å². The van der Waals surface area contributed by atoms with Crippen molar-refractivity contribution >= 4 is 11.8 Å². The molecule has 2 N–H and O–H groups in total. The maximum Gasteiger partial charge on any atom is 0.254 e. The molecule has 0 bridgehead atoms. The predicted octanol–water partition coefficient (Wildman–Crippen LogP) is 1.05. The van der Waals surface area contributed by atoms with E-state index in [-0.39, 0.29) is 11.8 Å². The van der Waals surface area contributed by atoms with Gasteiger partial charge in [-0.05, 0) is 19.1 Å². The molecule has 0 fully saturated rings. The molecule has 110 valence electrons. The highest BCUT2D eigenvalue weighted by atomic mass is 16.2. The Morgan fingerprint density at radius 2 is 1.81 bits per heavy atom. The average Bonchev–Trinajstić information content (AvgIpc) is 2.86. The van der Waals surface area contributed by atoms with E-state index in [1.165, 1.54) is 6.92 Å². The number of amides is 2. The molecule has 0 aliphatic rings. The fraction of sp³-hybridized carbons (Fsp3) is 0.267. The molecule has 2 aromatic rings. The number of aromatic nitrogens is 2. The van der Waals surface area contributed by atoms with Crippen LogP contribution >= 0.6 is 0 Å². The van der Waals surface area contributed by atoms with Crippen LogP contribution in [0.2, 0.25) is 0 Å². The number of carbonyl (C=O) groups is 2. The lowest BCUT2D eigenvalue weighted by atomic mass is 10.2. The zero-order chi connectivity index (χ0) is 15.2. The molecule has 0 atom stereocenters. The van der Waals surface area contributed by atoms with Crippen LogP contribution in [0.4, 0.5) is 0 Å². The van der Waals surface area contributed by atoms with Crippen LogP contribution in [0.1, 0.15) is 23.0 Å². The van der Waals surface area contributed by atoms with Crippen molar-refractivity contribution in [1.82, 2.24) is 20.4 Å². The van der Waals surface area contributed by atoms with Gasteiger partial charge in [0, 0.05) is 20.0 Å². The first-order valence-electron chi connectivity index (χ1n) is 6.72. The number of hydrogen-bond donors (Lipinski definition) is 2. The minimum absolute atomic E-state index is 0.114. The maximum absolute atomic E-state index is 12.1. The van der Waals surface area contributed by atoms with Gasteiger partial charge in [-0.25, -0.2) is 4.68 Å². The minimum atomic E-state index is -0.194. The molecule has 2 amide bonds. The summed E-state index contributed by atoms with van der Waals surface area (Å²) in [5.74, 6) is -0.308. The molecular formula is C15H18N4O2. The average molecular weight is 286 g/mol. The number of nitrogens with zero attached hydrogens (tertiary/aromatic N) is 2. The van der Waals surface area contributed by atoms with Gasteiger partial charge in [0.15, 0.2) is 0 Å². The summed E-state index contributed by atoms with van der Waals surface area (Å²) < 4.78 is 1.72. The van der Waals surface area contributed by atoms with Crippen molar-refractivity contribution in [3.63, 3.8) is 0 Å². The first kappa shape index (κ1) is 14.8. The normalized spacial score (nSPS) is 10.2. The molecule has 0 spiro atoms. The van der Waals surface area contributed by atoms with Gasteiger partial charge in [0.05, 0.1) is 23.1 Å². The van der Waals surface area contributed by atoms with Gasteiger partial charge < -0.3 is 10.6 Å². The lowest BCUT2D eigenvalue weighted by Crippen LogP contribution is -2.33. The van der Waals surface area contributed by atoms with Gasteiger partial charge in [-0.3, -0.25) is 9.59 Å². The van der Waals surface area contributed by atoms with Crippen LogP contribution in [0.5, 0.6) is 0 Å². The Morgan fingerprint density at radius 3 is 2.48 bits per heavy atom. The van der Waals surface area contributed by atoms with Crippen molar-refractivity contribution in [2.75, 3.05) is 13.1 Å². The first-order chi connectivity index (χ1) is 10.1. The molecule has 0 aliphatic heterocycles. The highest BCUT2D eigenvalue weighted by Gasteiger charge is 2.14. The second-order valence-electron chi connectivity index (χ2n) is 4.63. The summed E-state index contributed by atoms with van der Waals surface area (Å²) in [7, 11) is 0. The number of para-hydroxylation sites is 1. The van der Waals surface area contributed by atoms with E-state index in [2.05, 4.69) is 15.7 Å². The third kappa shape index (κ3) is 3.68. The summed E-state index contributed by atoms with van der Waals surface area (Å²) in [5.41, 5.74) is 2.22. The molecule has 6 heteroatoms. The van der Waals surface area contributed by atoms with Crippen LogP contribution in [-0.4, -0.2) is 34.7 Å². The van der Waals surface area contributed by atoms with Crippen molar-refractivity contribution in [2.24, 2.45) is 0 Å². The molecule has 1 aromatic carbocycles. The highest BCUT2D eigenvalue weighted by molar-refractivity contribution is 5.95. The summed E-state index contributed by atoms with van der Waals surface area (Å²) in [5, 5.41) is 9.63. The van der Waals surface area contributed by atoms with E-state index in [1.807, 2.05) is 37.3 Å². The Labute approximate surface area is 123 Å². The van der Waals surface area contributed by atoms with E-state index >= 15 is 0 Å². The molecule has 2 rings (SSSR count). The third-order valence-corrected chi connectivity index (χ3v) is 3.04. The second-order valence-corrected chi connectivity index (χ2v) is 4.63. The third-order valence-electron chi connectivity index (χ3n) is 3.04. The van der Waals surface area contributed by atoms with E-state index in [9.17, 15) is 9.59 Å². The summed E-state index contributed by atoms with van der Waals surface area (Å²) in [6.07, 6.45) is 1.55. The first-order valence-corrected chi connectivity index (χ1v) is 6.72. The summed E-state index contributed by atoms with van der Waals surface area (Å²) >= 11 is 0. The predicted molar refractivity (Wildman–Crippen MR) is 79.3 cm³/mol. The van der Waals surface area contributed by atoms with E-state index in [4.69, 9.17) is 0 Å². The summed E-state index contributed by atoms with van der Waals surface area (Å²) in [4.78, 5) is 22.8. The standard InChI is InChI=1S/C15H18N4O2/c1-11-14(15(21)17-9-8-16-12(2)20)10-18-19(11)13-6-4-3-5-7-13/h3-7,10H,8-9H2,1-2H3,(H,16,20)(H,17,21). The van der Waals surface area contributed by atoms with Crippen LogP contribution in [0.25, 0.3) is 5.69 Å². The van der Waals surface area contributed by atoms with Gasteiger partial charge >= 0.3 is 0 Å². The molecule has 21 heavy (non-hydrogen) atoms. The van der Waals surface area contributed by atoms with Crippen LogP contribution in [0.15, 0.2) is 36.5 Å². The maximum atomic E-state index is 12.1. The topological polar surface area (TPSA) is 76.0 Å². The molecule has 1 heterocycles. The minimum Gasteiger partial charge on any atom is -0.355 e. The molecular weight excluding hydrogens is 268 g/mol. The lowest BCUT2D eigenvalue weighted by molar-refractivity contribution is -0.118. The molecule has 0 saturated heterocycles. The lowest BCUT2D eigenvalue weighted by Gasteiger charge is -2.07. The summed E-state index contributed by atoms with van der Waals surface area (Å²) in [6, 6.07) is 9.63. The monoisotopic (exact) mass is 286 g/mol. The number of carbonyl (C=O) groups excluding carboxylic acids is 2. The Kier molecular flexibility index (Phi) is 4.71. The van der Waals surface area contributed by atoms with Gasteiger partial charge in [0.2, 0.25) is 5.91 Å². The fourth-order valence-electron chi connectivity index (χ4n) is 1.97. The number of nitrogens with one attached hydrogen (secondary N) is 2. The van der Waals surface area contributed by atoms with Crippen molar-refractivity contribution in [3.05, 3.63) is 47.8 Å². The Balaban J connectivity index is 2.03. The van der Waals surface area contributed by atoms with E-state index in [0.29, 0.717) is 18.7 Å². The van der Waals surface area contributed by atoms with Crippen molar-refractivity contribution in [2.45, 2.75) is 13.8 Å².